The first kappa shape index (κ1) is 14.6. The van der Waals surface area contributed by atoms with E-state index in [9.17, 15) is 19.5 Å². The zero-order valence-electron chi connectivity index (χ0n) is 11.5. The van der Waals surface area contributed by atoms with Crippen LogP contribution in [0.4, 0.5) is 0 Å². The molecular formula is C14H20N2O4. The topological polar surface area (TPSA) is 95.5 Å². The lowest BCUT2D eigenvalue weighted by atomic mass is 9.82. The van der Waals surface area contributed by atoms with Crippen molar-refractivity contribution in [3.8, 4) is 0 Å². The average Bonchev–Trinajstić information content (AvgIpc) is 2.98. The molecule has 1 saturated carbocycles. The number of fused-ring (bicyclic) bond motifs is 2. The number of carbonyl (C=O) groups excluding carboxylic acids is 2. The van der Waals surface area contributed by atoms with Crippen molar-refractivity contribution in [2.45, 2.75) is 19.8 Å². The minimum absolute atomic E-state index is 0.0190. The standard InChI is InChI=1S/C14H20N2O4/c1-2-15-10(17)5-6-16-13(18)11-8-3-4-9(7-8)12(11)14(19)20/h3-4,8-9,11-12H,2,5-7H2,1H3,(H,15,17)(H,16,18)(H,19,20)/t8?,9?,11-,12+/m0/s1. The van der Waals surface area contributed by atoms with Gasteiger partial charge in [0.15, 0.2) is 0 Å². The molecule has 0 heterocycles. The molecule has 0 aromatic rings. The zero-order chi connectivity index (χ0) is 14.7. The van der Waals surface area contributed by atoms with Gasteiger partial charge in [0, 0.05) is 19.5 Å². The van der Waals surface area contributed by atoms with E-state index in [1.54, 1.807) is 0 Å². The number of carbonyl (C=O) groups is 3. The molecule has 3 N–H and O–H groups in total. The molecule has 1 fully saturated rings. The fourth-order valence-electron chi connectivity index (χ4n) is 3.22. The van der Waals surface area contributed by atoms with Gasteiger partial charge in [0.25, 0.3) is 0 Å². The number of carboxylic acids is 1. The summed E-state index contributed by atoms with van der Waals surface area (Å²) in [4.78, 5) is 34.7. The highest BCUT2D eigenvalue weighted by molar-refractivity contribution is 5.87. The SMILES string of the molecule is CCNC(=O)CCNC(=O)[C@H]1C2C=CC(C2)[C@H]1C(=O)O. The highest BCUT2D eigenvalue weighted by Gasteiger charge is 2.51. The van der Waals surface area contributed by atoms with Crippen molar-refractivity contribution in [2.75, 3.05) is 13.1 Å². The minimum atomic E-state index is -0.911. The maximum Gasteiger partial charge on any atom is 0.307 e. The normalized spacial score (nSPS) is 30.2. The van der Waals surface area contributed by atoms with Gasteiger partial charge in [0.2, 0.25) is 11.8 Å². The highest BCUT2D eigenvalue weighted by Crippen LogP contribution is 2.48. The van der Waals surface area contributed by atoms with Gasteiger partial charge >= 0.3 is 5.97 Å². The highest BCUT2D eigenvalue weighted by atomic mass is 16.4. The summed E-state index contributed by atoms with van der Waals surface area (Å²) in [5, 5.41) is 14.6. The molecule has 0 aromatic heterocycles. The fourth-order valence-corrected chi connectivity index (χ4v) is 3.22. The quantitative estimate of drug-likeness (QED) is 0.604. The van der Waals surface area contributed by atoms with E-state index in [1.807, 2.05) is 19.1 Å². The lowest BCUT2D eigenvalue weighted by Crippen LogP contribution is -2.41. The Labute approximate surface area is 117 Å². The van der Waals surface area contributed by atoms with Gasteiger partial charge in [-0.1, -0.05) is 12.2 Å². The Bertz CT molecular complexity index is 446. The van der Waals surface area contributed by atoms with Gasteiger partial charge in [-0.05, 0) is 25.2 Å². The van der Waals surface area contributed by atoms with Crippen molar-refractivity contribution in [1.82, 2.24) is 10.6 Å². The van der Waals surface area contributed by atoms with Crippen LogP contribution in [0, 0.1) is 23.7 Å². The van der Waals surface area contributed by atoms with Gasteiger partial charge in [-0.25, -0.2) is 0 Å². The monoisotopic (exact) mass is 280 g/mol. The first-order valence-electron chi connectivity index (χ1n) is 7.00. The van der Waals surface area contributed by atoms with Crippen LogP contribution >= 0.6 is 0 Å². The van der Waals surface area contributed by atoms with Crippen molar-refractivity contribution >= 4 is 17.8 Å². The number of hydrogen-bond donors (Lipinski definition) is 3. The van der Waals surface area contributed by atoms with Crippen molar-refractivity contribution in [2.24, 2.45) is 23.7 Å². The number of hydrogen-bond acceptors (Lipinski definition) is 3. The summed E-state index contributed by atoms with van der Waals surface area (Å²) < 4.78 is 0. The lowest BCUT2D eigenvalue weighted by molar-refractivity contribution is -0.147. The molecule has 2 rings (SSSR count). The number of amides is 2. The first-order valence-corrected chi connectivity index (χ1v) is 7.00. The van der Waals surface area contributed by atoms with Crippen LogP contribution in [0.25, 0.3) is 0 Å². The minimum Gasteiger partial charge on any atom is -0.481 e. The van der Waals surface area contributed by atoms with Crippen molar-refractivity contribution in [3.63, 3.8) is 0 Å². The van der Waals surface area contributed by atoms with Crippen LogP contribution in [0.2, 0.25) is 0 Å². The Kier molecular flexibility index (Phi) is 4.42. The summed E-state index contributed by atoms with van der Waals surface area (Å²) in [5.41, 5.74) is 0. The Morgan fingerprint density at radius 3 is 2.40 bits per heavy atom. The number of aliphatic carboxylic acids is 1. The van der Waals surface area contributed by atoms with Gasteiger partial charge < -0.3 is 15.7 Å². The number of rotatable bonds is 6. The Hall–Kier alpha value is -1.85. The predicted molar refractivity (Wildman–Crippen MR) is 71.7 cm³/mol. The third-order valence-electron chi connectivity index (χ3n) is 4.07. The molecular weight excluding hydrogens is 260 g/mol. The summed E-state index contributed by atoms with van der Waals surface area (Å²) in [6.45, 7) is 2.63. The smallest absolute Gasteiger partial charge is 0.307 e. The van der Waals surface area contributed by atoms with Crippen molar-refractivity contribution in [1.29, 1.82) is 0 Å². The Morgan fingerprint density at radius 1 is 1.15 bits per heavy atom. The van der Waals surface area contributed by atoms with E-state index in [0.29, 0.717) is 6.54 Å². The van der Waals surface area contributed by atoms with Crippen LogP contribution in [0.3, 0.4) is 0 Å². The van der Waals surface area contributed by atoms with E-state index in [4.69, 9.17) is 0 Å². The zero-order valence-corrected chi connectivity index (χ0v) is 11.5. The molecule has 2 unspecified atom stereocenters. The van der Waals surface area contributed by atoms with Gasteiger partial charge in [-0.15, -0.1) is 0 Å². The van der Waals surface area contributed by atoms with Crippen molar-refractivity contribution in [3.05, 3.63) is 12.2 Å². The average molecular weight is 280 g/mol. The molecule has 20 heavy (non-hydrogen) atoms. The molecule has 4 atom stereocenters. The summed E-state index contributed by atoms with van der Waals surface area (Å²) in [7, 11) is 0. The summed E-state index contributed by atoms with van der Waals surface area (Å²) in [6, 6.07) is 0. The second-order valence-electron chi connectivity index (χ2n) is 5.33. The molecule has 2 aliphatic carbocycles. The molecule has 110 valence electrons. The Morgan fingerprint density at radius 2 is 1.80 bits per heavy atom. The molecule has 0 aliphatic heterocycles. The van der Waals surface area contributed by atoms with Crippen LogP contribution in [0.5, 0.6) is 0 Å². The number of allylic oxidation sites excluding steroid dienone is 2. The summed E-state index contributed by atoms with van der Waals surface area (Å²) in [6.07, 6.45) is 4.80. The maximum atomic E-state index is 12.1. The molecule has 2 bridgehead atoms. The van der Waals surface area contributed by atoms with Crippen LogP contribution in [0.15, 0.2) is 12.2 Å². The van der Waals surface area contributed by atoms with E-state index in [1.165, 1.54) is 0 Å². The first-order chi connectivity index (χ1) is 9.54. The molecule has 0 radical (unpaired) electrons. The van der Waals surface area contributed by atoms with E-state index < -0.39 is 17.8 Å². The number of carboxylic acid groups (broad SMARTS) is 1. The van der Waals surface area contributed by atoms with Gasteiger partial charge in [-0.2, -0.15) is 0 Å². The maximum absolute atomic E-state index is 12.1. The molecule has 0 spiro atoms. The predicted octanol–water partition coefficient (Wildman–Crippen LogP) is 0.152. The molecule has 0 saturated heterocycles. The van der Waals surface area contributed by atoms with Crippen LogP contribution < -0.4 is 10.6 Å². The molecule has 2 aliphatic rings. The summed E-state index contributed by atoms with van der Waals surface area (Å²) in [5.74, 6) is -2.42. The largest absolute Gasteiger partial charge is 0.481 e. The Balaban J connectivity index is 1.87. The van der Waals surface area contributed by atoms with E-state index in [0.717, 1.165) is 6.42 Å². The van der Waals surface area contributed by atoms with Gasteiger partial charge in [0.05, 0.1) is 11.8 Å². The van der Waals surface area contributed by atoms with E-state index >= 15 is 0 Å². The second-order valence-corrected chi connectivity index (χ2v) is 5.33. The number of nitrogens with one attached hydrogen (secondary N) is 2. The van der Waals surface area contributed by atoms with E-state index in [-0.39, 0.29) is 36.6 Å². The summed E-state index contributed by atoms with van der Waals surface area (Å²) >= 11 is 0. The lowest BCUT2D eigenvalue weighted by Gasteiger charge is -2.23. The van der Waals surface area contributed by atoms with Crippen molar-refractivity contribution < 1.29 is 19.5 Å². The van der Waals surface area contributed by atoms with Gasteiger partial charge in [0.1, 0.15) is 0 Å². The van der Waals surface area contributed by atoms with Gasteiger partial charge in [-0.3, -0.25) is 14.4 Å². The fraction of sp³-hybridized carbons (Fsp3) is 0.643. The third-order valence-corrected chi connectivity index (χ3v) is 4.07. The second kappa shape index (κ2) is 6.07. The molecule has 6 heteroatoms. The molecule has 2 amide bonds. The van der Waals surface area contributed by atoms with E-state index in [2.05, 4.69) is 10.6 Å². The van der Waals surface area contributed by atoms with Crippen LogP contribution in [-0.4, -0.2) is 36.0 Å². The van der Waals surface area contributed by atoms with Crippen LogP contribution in [0.1, 0.15) is 19.8 Å². The third kappa shape index (κ3) is 2.84. The molecule has 0 aromatic carbocycles. The molecule has 6 nitrogen and oxygen atoms in total. The van der Waals surface area contributed by atoms with Crippen LogP contribution in [-0.2, 0) is 14.4 Å².